The molecule has 0 aliphatic carbocycles. The number of fused-ring (bicyclic) bond motifs is 1. The lowest BCUT2D eigenvalue weighted by Gasteiger charge is -2.19. The molecule has 0 spiro atoms. The van der Waals surface area contributed by atoms with E-state index < -0.39 is 12.5 Å². The number of hydrogen-bond acceptors (Lipinski definition) is 4. The van der Waals surface area contributed by atoms with E-state index in [9.17, 15) is 13.2 Å². The van der Waals surface area contributed by atoms with Crippen molar-refractivity contribution in [3.63, 3.8) is 0 Å². The molecule has 0 saturated carbocycles. The third-order valence-corrected chi connectivity index (χ3v) is 3.78. The van der Waals surface area contributed by atoms with E-state index in [1.54, 1.807) is 13.2 Å². The number of rotatable bonds is 6. The predicted octanol–water partition coefficient (Wildman–Crippen LogP) is 4.98. The Morgan fingerprint density at radius 3 is 2.26 bits per heavy atom. The molecule has 0 bridgehead atoms. The third-order valence-electron chi connectivity index (χ3n) is 3.78. The first-order valence-corrected chi connectivity index (χ1v) is 8.30. The number of aromatic amines is 1. The number of hydrogen-bond donors (Lipinski definition) is 1. The van der Waals surface area contributed by atoms with Gasteiger partial charge in [-0.25, -0.2) is 4.98 Å². The number of nitrogens with zero attached hydrogens (tertiary/aromatic N) is 1. The van der Waals surface area contributed by atoms with Gasteiger partial charge in [-0.05, 0) is 43.7 Å². The molecule has 1 unspecified atom stereocenters. The fourth-order valence-corrected chi connectivity index (χ4v) is 2.67. The normalized spacial score (nSPS) is 13.1. The monoisotopic (exact) mass is 380 g/mol. The molecule has 0 amide bonds. The summed E-state index contributed by atoms with van der Waals surface area (Å²) < 4.78 is 52.1. The lowest BCUT2D eigenvalue weighted by Crippen LogP contribution is -2.17. The highest BCUT2D eigenvalue weighted by atomic mass is 19.4. The average Bonchev–Trinajstić information content (AvgIpc) is 3.01. The van der Waals surface area contributed by atoms with Crippen LogP contribution in [0.25, 0.3) is 11.0 Å². The van der Waals surface area contributed by atoms with Gasteiger partial charge in [-0.3, -0.25) is 0 Å². The van der Waals surface area contributed by atoms with E-state index in [2.05, 4.69) is 14.7 Å². The highest BCUT2D eigenvalue weighted by Crippen LogP contribution is 2.31. The largest absolute Gasteiger partial charge is 0.573 e. The van der Waals surface area contributed by atoms with Crippen LogP contribution in [-0.2, 0) is 4.74 Å². The second kappa shape index (κ2) is 7.48. The van der Waals surface area contributed by atoms with Gasteiger partial charge in [0.25, 0.3) is 0 Å². The number of nitrogens with one attached hydrogen (secondary N) is 1. The maximum absolute atomic E-state index is 12.3. The number of H-pyrrole nitrogens is 1. The summed E-state index contributed by atoms with van der Waals surface area (Å²) in [5.74, 6) is 0.941. The van der Waals surface area contributed by atoms with Gasteiger partial charge < -0.3 is 19.2 Å². The molecule has 5 nitrogen and oxygen atoms in total. The summed E-state index contributed by atoms with van der Waals surface area (Å²) in [6.45, 7) is 3.75. The van der Waals surface area contributed by atoms with Gasteiger partial charge in [0.1, 0.15) is 23.4 Å². The van der Waals surface area contributed by atoms with E-state index >= 15 is 0 Å². The molecule has 1 aromatic heterocycles. The highest BCUT2D eigenvalue weighted by Gasteiger charge is 2.31. The average molecular weight is 380 g/mol. The molecule has 8 heteroatoms. The minimum atomic E-state index is -4.73. The Morgan fingerprint density at radius 2 is 1.67 bits per heavy atom. The van der Waals surface area contributed by atoms with Crippen molar-refractivity contribution in [2.24, 2.45) is 0 Å². The molecule has 0 aliphatic heterocycles. The molecule has 1 atom stereocenters. The molecule has 0 fully saturated rings. The van der Waals surface area contributed by atoms with Crippen molar-refractivity contribution in [2.75, 3.05) is 7.11 Å². The smallest absolute Gasteiger partial charge is 0.497 e. The SMILES string of the molecule is COc1ccc2[nH]c(C(OC(C)C)c3ccc(OC(F)(F)F)cc3)nc2c1. The van der Waals surface area contributed by atoms with Crippen molar-refractivity contribution in [1.82, 2.24) is 9.97 Å². The third kappa shape index (κ3) is 4.71. The standard InChI is InChI=1S/C19H19F3N2O3/c1-11(2)26-17(12-4-6-13(7-5-12)27-19(20,21)22)18-23-15-9-8-14(25-3)10-16(15)24-18/h4-11,17H,1-3H3,(H,23,24). The Hall–Kier alpha value is -2.74. The molecule has 2 aromatic carbocycles. The molecule has 1 heterocycles. The first-order chi connectivity index (χ1) is 12.7. The van der Waals surface area contributed by atoms with Gasteiger partial charge in [0.05, 0.1) is 24.2 Å². The van der Waals surface area contributed by atoms with E-state index in [0.29, 0.717) is 22.7 Å². The number of methoxy groups -OCH3 is 1. The van der Waals surface area contributed by atoms with E-state index in [1.165, 1.54) is 24.3 Å². The summed E-state index contributed by atoms with van der Waals surface area (Å²) >= 11 is 0. The van der Waals surface area contributed by atoms with Gasteiger partial charge >= 0.3 is 6.36 Å². The van der Waals surface area contributed by atoms with Crippen molar-refractivity contribution >= 4 is 11.0 Å². The van der Waals surface area contributed by atoms with Gasteiger partial charge in [0, 0.05) is 6.07 Å². The fourth-order valence-electron chi connectivity index (χ4n) is 2.67. The molecule has 144 valence electrons. The van der Waals surface area contributed by atoms with Gasteiger partial charge in [0.15, 0.2) is 0 Å². The number of aromatic nitrogens is 2. The van der Waals surface area contributed by atoms with Crippen molar-refractivity contribution < 1.29 is 27.4 Å². The van der Waals surface area contributed by atoms with Crippen molar-refractivity contribution in [2.45, 2.75) is 32.4 Å². The summed E-state index contributed by atoms with van der Waals surface area (Å²) in [6.07, 6.45) is -5.42. The first kappa shape index (κ1) is 19.0. The quantitative estimate of drug-likeness (QED) is 0.655. The van der Waals surface area contributed by atoms with Gasteiger partial charge in [-0.2, -0.15) is 0 Å². The van der Waals surface area contributed by atoms with Crippen molar-refractivity contribution in [3.8, 4) is 11.5 Å². The fraction of sp³-hybridized carbons (Fsp3) is 0.316. The van der Waals surface area contributed by atoms with Crippen LogP contribution in [0.15, 0.2) is 42.5 Å². The summed E-state index contributed by atoms with van der Waals surface area (Å²) in [7, 11) is 1.57. The van der Waals surface area contributed by atoms with Crippen LogP contribution in [-0.4, -0.2) is 29.5 Å². The van der Waals surface area contributed by atoms with E-state index in [1.807, 2.05) is 26.0 Å². The van der Waals surface area contributed by atoms with Crippen LogP contribution in [0.5, 0.6) is 11.5 Å². The van der Waals surface area contributed by atoms with Crippen LogP contribution in [0, 0.1) is 0 Å². The van der Waals surface area contributed by atoms with Crippen molar-refractivity contribution in [1.29, 1.82) is 0 Å². The Morgan fingerprint density at radius 1 is 1.00 bits per heavy atom. The van der Waals surface area contributed by atoms with Gasteiger partial charge in [-0.1, -0.05) is 12.1 Å². The Kier molecular flexibility index (Phi) is 5.27. The van der Waals surface area contributed by atoms with Crippen LogP contribution in [0.4, 0.5) is 13.2 Å². The molecule has 3 rings (SSSR count). The Bertz CT molecular complexity index is 905. The number of alkyl halides is 3. The maximum Gasteiger partial charge on any atom is 0.573 e. The predicted molar refractivity (Wildman–Crippen MR) is 93.8 cm³/mol. The van der Waals surface area contributed by atoms with E-state index in [4.69, 9.17) is 9.47 Å². The molecule has 0 aliphatic rings. The number of benzene rings is 2. The summed E-state index contributed by atoms with van der Waals surface area (Å²) in [4.78, 5) is 7.76. The van der Waals surface area contributed by atoms with Crippen molar-refractivity contribution in [3.05, 3.63) is 53.9 Å². The summed E-state index contributed by atoms with van der Waals surface area (Å²) in [6, 6.07) is 11.0. The Labute approximate surface area is 154 Å². The van der Waals surface area contributed by atoms with Crippen LogP contribution in [0.2, 0.25) is 0 Å². The zero-order chi connectivity index (χ0) is 19.6. The molecule has 27 heavy (non-hydrogen) atoms. The van der Waals surface area contributed by atoms with E-state index in [-0.39, 0.29) is 11.9 Å². The highest BCUT2D eigenvalue weighted by molar-refractivity contribution is 5.77. The molecule has 0 radical (unpaired) electrons. The van der Waals surface area contributed by atoms with Gasteiger partial charge in [0.2, 0.25) is 0 Å². The van der Waals surface area contributed by atoms with Crippen LogP contribution < -0.4 is 9.47 Å². The maximum atomic E-state index is 12.3. The lowest BCUT2D eigenvalue weighted by molar-refractivity contribution is -0.274. The molecule has 3 aromatic rings. The number of halogens is 3. The van der Waals surface area contributed by atoms with Crippen LogP contribution in [0.3, 0.4) is 0 Å². The zero-order valence-corrected chi connectivity index (χ0v) is 15.0. The van der Waals surface area contributed by atoms with Gasteiger partial charge in [-0.15, -0.1) is 13.2 Å². The number of ether oxygens (including phenoxy) is 3. The van der Waals surface area contributed by atoms with E-state index in [0.717, 1.165) is 5.52 Å². The second-order valence-electron chi connectivity index (χ2n) is 6.19. The molecule has 1 N–H and O–H groups in total. The second-order valence-corrected chi connectivity index (χ2v) is 6.19. The summed E-state index contributed by atoms with van der Waals surface area (Å²) in [5.41, 5.74) is 2.17. The number of imidazole rings is 1. The first-order valence-electron chi connectivity index (χ1n) is 8.30. The molecule has 0 saturated heterocycles. The van der Waals surface area contributed by atoms with Crippen LogP contribution >= 0.6 is 0 Å². The Balaban J connectivity index is 1.94. The lowest BCUT2D eigenvalue weighted by atomic mass is 10.1. The zero-order valence-electron chi connectivity index (χ0n) is 15.0. The topological polar surface area (TPSA) is 56.4 Å². The molecular weight excluding hydrogens is 361 g/mol. The van der Waals surface area contributed by atoms with Crippen LogP contribution in [0.1, 0.15) is 31.3 Å². The minimum absolute atomic E-state index is 0.121. The summed E-state index contributed by atoms with van der Waals surface area (Å²) in [5, 5.41) is 0. The molecular formula is C19H19F3N2O3. The minimum Gasteiger partial charge on any atom is -0.497 e.